The van der Waals surface area contributed by atoms with E-state index in [9.17, 15) is 74.6 Å². The third kappa shape index (κ3) is 10.1. The van der Waals surface area contributed by atoms with Crippen LogP contribution in [0.5, 0.6) is 0 Å². The van der Waals surface area contributed by atoms with E-state index in [-0.39, 0.29) is 39.1 Å². The van der Waals surface area contributed by atoms with E-state index in [1.165, 1.54) is 0 Å². The maximum atomic E-state index is 14.1. The molecule has 0 heterocycles. The molecule has 0 unspecified atom stereocenters. The van der Waals surface area contributed by atoms with Crippen LogP contribution in [-0.2, 0) is 14.2 Å². The lowest BCUT2D eigenvalue weighted by Crippen LogP contribution is -2.73. The number of unbranched alkanes of at least 4 members (excludes halogenated alkanes) is 6. The fraction of sp³-hybridized carbons (Fsp3) is 1.00. The van der Waals surface area contributed by atoms with Crippen molar-refractivity contribution in [2.45, 2.75) is 145 Å². The summed E-state index contributed by atoms with van der Waals surface area (Å²) in [6.45, 7) is 5.93. The van der Waals surface area contributed by atoms with Gasteiger partial charge in [-0.1, -0.05) is 32.1 Å². The molecule has 0 aliphatic heterocycles. The van der Waals surface area contributed by atoms with E-state index in [2.05, 4.69) is 0 Å². The van der Waals surface area contributed by atoms with Gasteiger partial charge in [-0.05, 0) is 33.6 Å². The number of rotatable bonds is 24. The van der Waals surface area contributed by atoms with E-state index in [1.54, 1.807) is 20.8 Å². The van der Waals surface area contributed by atoms with Crippen molar-refractivity contribution < 1.29 is 88.8 Å². The van der Waals surface area contributed by atoms with Crippen molar-refractivity contribution >= 4 is 0 Å². The lowest BCUT2D eigenvalue weighted by Gasteiger charge is -2.42. The summed E-state index contributed by atoms with van der Waals surface area (Å²) in [4.78, 5) is 0. The van der Waals surface area contributed by atoms with Crippen molar-refractivity contribution in [2.24, 2.45) is 0 Å². The van der Waals surface area contributed by atoms with Gasteiger partial charge in [0.1, 0.15) is 0 Å². The van der Waals surface area contributed by atoms with Crippen LogP contribution in [0.3, 0.4) is 0 Å². The smallest absolute Gasteiger partial charge is 0.328 e. The molecule has 3 nitrogen and oxygen atoms in total. The standard InChI is InChI=1S/C26H37F17O3/c1-4-44-21(45-5-2,46-6-3)15-13-11-9-7-8-10-12-14-18(27,28)22(34,35)24(38,39)26(42,43)25(40,41)23(36,37)19(29,30)16-17-20(31,32)33/h4-17H2,1-3H3. The zero-order valence-electron chi connectivity index (χ0n) is 25.0. The van der Waals surface area contributed by atoms with Gasteiger partial charge in [-0.2, -0.15) is 74.6 Å². The van der Waals surface area contributed by atoms with Crippen LogP contribution in [0.4, 0.5) is 74.6 Å². The third-order valence-electron chi connectivity index (χ3n) is 6.79. The molecular weight excluding hydrogens is 683 g/mol. The molecule has 278 valence electrons. The highest BCUT2D eigenvalue weighted by atomic mass is 19.4. The summed E-state index contributed by atoms with van der Waals surface area (Å²) < 4.78 is 247. The second kappa shape index (κ2) is 16.4. The second-order valence-electron chi connectivity index (χ2n) is 10.4. The van der Waals surface area contributed by atoms with Gasteiger partial charge in [-0.15, -0.1) is 0 Å². The number of alkyl halides is 17. The first kappa shape index (κ1) is 44.7. The minimum Gasteiger partial charge on any atom is -0.328 e. The Balaban J connectivity index is 5.36. The highest BCUT2D eigenvalue weighted by molar-refractivity contribution is 5.14. The van der Waals surface area contributed by atoms with Gasteiger partial charge >= 0.3 is 47.6 Å². The van der Waals surface area contributed by atoms with Crippen molar-refractivity contribution in [3.8, 4) is 0 Å². The molecule has 0 aromatic heterocycles. The van der Waals surface area contributed by atoms with Crippen LogP contribution in [0, 0.1) is 0 Å². The summed E-state index contributed by atoms with van der Waals surface area (Å²) in [6.07, 6.45) is -13.8. The summed E-state index contributed by atoms with van der Waals surface area (Å²) in [5.41, 5.74) is 0. The molecule has 0 saturated carbocycles. The summed E-state index contributed by atoms with van der Waals surface area (Å²) in [5, 5.41) is 0. The third-order valence-corrected chi connectivity index (χ3v) is 6.79. The molecule has 0 radical (unpaired) electrons. The van der Waals surface area contributed by atoms with E-state index in [0.717, 1.165) is 0 Å². The van der Waals surface area contributed by atoms with E-state index < -0.39 is 79.3 Å². The molecular formula is C26H37F17O3. The monoisotopic (exact) mass is 720 g/mol. The molecule has 0 saturated heterocycles. The predicted molar refractivity (Wildman–Crippen MR) is 129 cm³/mol. The van der Waals surface area contributed by atoms with E-state index in [1.807, 2.05) is 0 Å². The largest absolute Gasteiger partial charge is 0.389 e. The lowest BCUT2D eigenvalue weighted by atomic mass is 9.87. The number of ether oxygens (including phenoxy) is 3. The van der Waals surface area contributed by atoms with Crippen LogP contribution in [0.25, 0.3) is 0 Å². The van der Waals surface area contributed by atoms with Crippen LogP contribution >= 0.6 is 0 Å². The molecule has 0 aliphatic carbocycles. The van der Waals surface area contributed by atoms with Crippen molar-refractivity contribution in [1.82, 2.24) is 0 Å². The zero-order chi connectivity index (χ0) is 36.5. The van der Waals surface area contributed by atoms with Gasteiger partial charge in [-0.25, -0.2) is 0 Å². The molecule has 0 aromatic rings. The quantitative estimate of drug-likeness (QED) is 0.0565. The lowest BCUT2D eigenvalue weighted by molar-refractivity contribution is -0.442. The highest BCUT2D eigenvalue weighted by Crippen LogP contribution is 2.63. The first-order valence-electron chi connectivity index (χ1n) is 14.2. The molecule has 20 heteroatoms. The zero-order valence-corrected chi connectivity index (χ0v) is 25.0. The molecule has 0 amide bonds. The average molecular weight is 721 g/mol. The van der Waals surface area contributed by atoms with Gasteiger partial charge in [-0.3, -0.25) is 0 Å². The fourth-order valence-corrected chi connectivity index (χ4v) is 4.24. The highest BCUT2D eigenvalue weighted by Gasteiger charge is 2.92. The molecule has 0 fully saturated rings. The van der Waals surface area contributed by atoms with Crippen molar-refractivity contribution in [1.29, 1.82) is 0 Å². The summed E-state index contributed by atoms with van der Waals surface area (Å²) in [7, 11) is 0. The molecule has 0 atom stereocenters. The van der Waals surface area contributed by atoms with Crippen molar-refractivity contribution in [2.75, 3.05) is 19.8 Å². The minimum atomic E-state index is -8.30. The Morgan fingerprint density at radius 2 is 0.609 bits per heavy atom. The van der Waals surface area contributed by atoms with Crippen LogP contribution < -0.4 is 0 Å². The number of hydrogen-bond acceptors (Lipinski definition) is 3. The summed E-state index contributed by atoms with van der Waals surface area (Å²) in [6, 6.07) is 0. The normalized spacial score (nSPS) is 15.1. The Hall–Kier alpha value is -1.31. The van der Waals surface area contributed by atoms with Crippen LogP contribution in [0.2, 0.25) is 0 Å². The summed E-state index contributed by atoms with van der Waals surface area (Å²) in [5.74, 6) is -54.3. The molecule has 0 rings (SSSR count). The predicted octanol–water partition coefficient (Wildman–Crippen LogP) is 11.1. The van der Waals surface area contributed by atoms with Crippen molar-refractivity contribution in [3.63, 3.8) is 0 Å². The van der Waals surface area contributed by atoms with Gasteiger partial charge in [0.2, 0.25) is 0 Å². The fourth-order valence-electron chi connectivity index (χ4n) is 4.24. The Morgan fingerprint density at radius 1 is 0.326 bits per heavy atom. The van der Waals surface area contributed by atoms with E-state index >= 15 is 0 Å². The average Bonchev–Trinajstić information content (AvgIpc) is 2.90. The Labute approximate surface area is 254 Å². The van der Waals surface area contributed by atoms with Gasteiger partial charge in [0.25, 0.3) is 5.97 Å². The van der Waals surface area contributed by atoms with Crippen LogP contribution in [0.1, 0.15) is 91.4 Å². The molecule has 46 heavy (non-hydrogen) atoms. The topological polar surface area (TPSA) is 27.7 Å². The van der Waals surface area contributed by atoms with Crippen LogP contribution in [-0.4, -0.2) is 73.4 Å². The first-order valence-corrected chi connectivity index (χ1v) is 14.2. The Kier molecular flexibility index (Phi) is 15.9. The molecule has 0 aliphatic rings. The molecule has 0 spiro atoms. The maximum Gasteiger partial charge on any atom is 0.389 e. The molecule has 0 aromatic carbocycles. The number of hydrogen-bond donors (Lipinski definition) is 0. The second-order valence-corrected chi connectivity index (χ2v) is 10.4. The van der Waals surface area contributed by atoms with Gasteiger partial charge in [0.15, 0.2) is 0 Å². The van der Waals surface area contributed by atoms with Gasteiger partial charge in [0, 0.05) is 45.5 Å². The SMILES string of the molecule is CCOC(CCCCCCCCCC(F)(F)C(F)(F)C(F)(F)C(F)(F)C(F)(F)C(F)(F)C(F)(F)CCC(F)(F)F)(OCC)OCC. The van der Waals surface area contributed by atoms with Crippen molar-refractivity contribution in [3.05, 3.63) is 0 Å². The minimum absolute atomic E-state index is 0.0268. The Morgan fingerprint density at radius 3 is 0.935 bits per heavy atom. The molecule has 0 bridgehead atoms. The summed E-state index contributed by atoms with van der Waals surface area (Å²) >= 11 is 0. The first-order chi connectivity index (χ1) is 20.6. The molecule has 0 N–H and O–H groups in total. The van der Waals surface area contributed by atoms with E-state index in [0.29, 0.717) is 25.7 Å². The number of halogens is 17. The maximum absolute atomic E-state index is 14.1. The van der Waals surface area contributed by atoms with Crippen LogP contribution in [0.15, 0.2) is 0 Å². The van der Waals surface area contributed by atoms with Gasteiger partial charge < -0.3 is 14.2 Å². The van der Waals surface area contributed by atoms with Gasteiger partial charge in [0.05, 0.1) is 0 Å². The Bertz CT molecular complexity index is 874. The van der Waals surface area contributed by atoms with E-state index in [4.69, 9.17) is 14.2 Å².